The molecule has 0 unspecified atom stereocenters. The van der Waals surface area contributed by atoms with Crippen LogP contribution in [0.15, 0.2) is 42.5 Å². The Bertz CT molecular complexity index is 1400. The first-order valence-corrected chi connectivity index (χ1v) is 21.4. The molecule has 2 saturated carbocycles. The second-order valence-corrected chi connectivity index (χ2v) is 22.2. The van der Waals surface area contributed by atoms with E-state index in [0.717, 1.165) is 74.8 Å². The van der Waals surface area contributed by atoms with Crippen LogP contribution in [0, 0.1) is 18.8 Å². The molecule has 6 nitrogen and oxygen atoms in total. The number of rotatable bonds is 9. The minimum absolute atomic E-state index is 0.0170. The highest BCUT2D eigenvalue weighted by molar-refractivity contribution is 6.74. The number of anilines is 1. The minimum atomic E-state index is -1.85. The van der Waals surface area contributed by atoms with Crippen molar-refractivity contribution in [3.8, 4) is 5.75 Å². The number of aryl methyl sites for hydroxylation is 1. The molecule has 264 valence electrons. The normalized spacial score (nSPS) is 25.9. The molecule has 0 bridgehead atoms. The Morgan fingerprint density at radius 2 is 1.54 bits per heavy atom. The van der Waals surface area contributed by atoms with Crippen molar-refractivity contribution >= 4 is 32.5 Å². The highest BCUT2D eigenvalue weighted by atomic mass is 28.4. The average molecular weight is 676 g/mol. The molecule has 2 aromatic rings. The van der Waals surface area contributed by atoms with Crippen LogP contribution < -0.4 is 15.1 Å². The summed E-state index contributed by atoms with van der Waals surface area (Å²) in [6.45, 7) is 22.8. The van der Waals surface area contributed by atoms with Crippen LogP contribution in [-0.2, 0) is 18.5 Å². The van der Waals surface area contributed by atoms with Crippen molar-refractivity contribution in [3.63, 3.8) is 0 Å². The summed E-state index contributed by atoms with van der Waals surface area (Å²) in [5.74, 6) is 2.24. The molecule has 0 aromatic heterocycles. The van der Waals surface area contributed by atoms with Gasteiger partial charge in [0.1, 0.15) is 5.75 Å². The minimum Gasteiger partial charge on any atom is -0.496 e. The fraction of sp³-hybridized carbons (Fsp3) is 0.675. The Labute approximate surface area is 292 Å². The van der Waals surface area contributed by atoms with Gasteiger partial charge < -0.3 is 23.4 Å². The van der Waals surface area contributed by atoms with Gasteiger partial charge in [-0.1, -0.05) is 45.0 Å². The van der Waals surface area contributed by atoms with E-state index in [0.29, 0.717) is 11.8 Å². The number of hydrogen-bond donors (Lipinski definition) is 0. The van der Waals surface area contributed by atoms with E-state index in [2.05, 4.69) is 116 Å². The van der Waals surface area contributed by atoms with E-state index in [4.69, 9.17) is 18.5 Å². The van der Waals surface area contributed by atoms with Crippen molar-refractivity contribution in [1.29, 1.82) is 0 Å². The lowest BCUT2D eigenvalue weighted by Gasteiger charge is -2.41. The molecular weight excluding hydrogens is 613 g/mol. The number of methoxy groups -OCH3 is 1. The molecule has 3 aliphatic rings. The maximum Gasteiger partial charge on any atom is 0.494 e. The fourth-order valence-electron chi connectivity index (χ4n) is 7.47. The summed E-state index contributed by atoms with van der Waals surface area (Å²) in [4.78, 5) is 16.7. The maximum atomic E-state index is 14.6. The predicted molar refractivity (Wildman–Crippen MR) is 201 cm³/mol. The molecule has 1 aliphatic heterocycles. The first kappa shape index (κ1) is 37.1. The number of benzene rings is 2. The van der Waals surface area contributed by atoms with E-state index in [1.54, 1.807) is 7.11 Å². The number of amides is 1. The lowest BCUT2D eigenvalue weighted by molar-refractivity contribution is -0.124. The topological polar surface area (TPSA) is 57.2 Å². The van der Waals surface area contributed by atoms with Crippen LogP contribution in [0.4, 0.5) is 5.69 Å². The van der Waals surface area contributed by atoms with Gasteiger partial charge in [0, 0.05) is 24.3 Å². The molecule has 5 rings (SSSR count). The summed E-state index contributed by atoms with van der Waals surface area (Å²) < 4.78 is 25.1. The summed E-state index contributed by atoms with van der Waals surface area (Å²) in [7, 11) is -0.573. The van der Waals surface area contributed by atoms with Gasteiger partial charge in [0.25, 0.3) is 0 Å². The van der Waals surface area contributed by atoms with Crippen molar-refractivity contribution in [2.24, 2.45) is 11.8 Å². The Kier molecular flexibility index (Phi) is 11.0. The highest BCUT2D eigenvalue weighted by Gasteiger charge is 2.52. The molecule has 48 heavy (non-hydrogen) atoms. The van der Waals surface area contributed by atoms with Crippen LogP contribution >= 0.6 is 0 Å². The van der Waals surface area contributed by atoms with Gasteiger partial charge in [-0.15, -0.1) is 0 Å². The van der Waals surface area contributed by atoms with Gasteiger partial charge in [-0.05, 0) is 151 Å². The second kappa shape index (κ2) is 14.2. The van der Waals surface area contributed by atoms with Crippen molar-refractivity contribution in [3.05, 3.63) is 53.6 Å². The van der Waals surface area contributed by atoms with Gasteiger partial charge in [0.2, 0.25) is 5.91 Å². The third-order valence-corrected chi connectivity index (χ3v) is 17.0. The molecule has 1 amide bonds. The van der Waals surface area contributed by atoms with Crippen LogP contribution in [-0.4, -0.2) is 52.3 Å². The van der Waals surface area contributed by atoms with Crippen LogP contribution in [0.5, 0.6) is 5.75 Å². The number of carbonyl (C=O) groups is 1. The molecule has 0 N–H and O–H groups in total. The Morgan fingerprint density at radius 1 is 0.917 bits per heavy atom. The summed E-state index contributed by atoms with van der Waals surface area (Å²) in [5.41, 5.74) is 3.69. The van der Waals surface area contributed by atoms with Crippen molar-refractivity contribution in [2.45, 2.75) is 148 Å². The zero-order chi connectivity index (χ0) is 35.1. The first-order valence-electron chi connectivity index (χ1n) is 18.5. The van der Waals surface area contributed by atoms with Crippen LogP contribution in [0.25, 0.3) is 0 Å². The standard InChI is InChI=1S/C40H62BNO5Si/c1-28-25-32(21-24-36(28)44-9)30-17-15-29(16-18-30)27-42(34-14-12-13-33(26-34)41-46-39(5,6)40(7,8)47-41)37(43)31-19-22-35(23-20-31)45-48(10,11)38(2,3)4/h12-14,21,24-26,29-31,35H,15-20,22-23,27H2,1-11H3. The predicted octanol–water partition coefficient (Wildman–Crippen LogP) is 9.19. The third-order valence-electron chi connectivity index (χ3n) is 12.4. The van der Waals surface area contributed by atoms with Gasteiger partial charge in [0.15, 0.2) is 8.32 Å². The van der Waals surface area contributed by atoms with Gasteiger partial charge in [0.05, 0.1) is 18.3 Å². The molecule has 2 aliphatic carbocycles. The molecule has 3 fully saturated rings. The second-order valence-electron chi connectivity index (χ2n) is 17.4. The molecule has 1 heterocycles. The van der Waals surface area contributed by atoms with E-state index in [9.17, 15) is 4.79 Å². The lowest BCUT2D eigenvalue weighted by atomic mass is 9.77. The Hall–Kier alpha value is -2.13. The summed E-state index contributed by atoms with van der Waals surface area (Å²) in [6.07, 6.45) is 8.45. The average Bonchev–Trinajstić information content (AvgIpc) is 3.25. The number of nitrogens with zero attached hydrogens (tertiary/aromatic N) is 1. The molecule has 0 spiro atoms. The molecule has 0 radical (unpaired) electrons. The SMILES string of the molecule is COc1ccc(C2CCC(CN(C(=O)C3CCC(O[Si](C)(C)C(C)(C)C)CC3)c3cccc(B4OC(C)(C)C(C)(C)O4)c3)CC2)cc1C. The van der Waals surface area contributed by atoms with Crippen molar-refractivity contribution < 1.29 is 23.3 Å². The zero-order valence-corrected chi connectivity index (χ0v) is 32.8. The smallest absolute Gasteiger partial charge is 0.494 e. The summed E-state index contributed by atoms with van der Waals surface area (Å²) in [6, 6.07) is 15.0. The Balaban J connectivity index is 1.32. The van der Waals surface area contributed by atoms with Gasteiger partial charge in [-0.25, -0.2) is 0 Å². The van der Waals surface area contributed by atoms with Crippen LogP contribution in [0.1, 0.15) is 117 Å². The van der Waals surface area contributed by atoms with E-state index < -0.39 is 26.6 Å². The monoisotopic (exact) mass is 675 g/mol. The van der Waals surface area contributed by atoms with Gasteiger partial charge >= 0.3 is 7.12 Å². The zero-order valence-electron chi connectivity index (χ0n) is 31.8. The Morgan fingerprint density at radius 3 is 2.10 bits per heavy atom. The molecule has 1 saturated heterocycles. The number of hydrogen-bond acceptors (Lipinski definition) is 5. The highest BCUT2D eigenvalue weighted by Crippen LogP contribution is 2.42. The lowest BCUT2D eigenvalue weighted by Crippen LogP contribution is -2.46. The van der Waals surface area contributed by atoms with Crippen LogP contribution in [0.2, 0.25) is 18.1 Å². The van der Waals surface area contributed by atoms with E-state index >= 15 is 0 Å². The fourth-order valence-corrected chi connectivity index (χ4v) is 8.90. The van der Waals surface area contributed by atoms with Gasteiger partial charge in [-0.3, -0.25) is 4.79 Å². The first-order chi connectivity index (χ1) is 22.4. The summed E-state index contributed by atoms with van der Waals surface area (Å²) >= 11 is 0. The summed E-state index contributed by atoms with van der Waals surface area (Å²) in [5, 5.41) is 0.184. The molecular formula is C40H62BNO5Si. The molecule has 0 atom stereocenters. The van der Waals surface area contributed by atoms with Gasteiger partial charge in [-0.2, -0.15) is 0 Å². The van der Waals surface area contributed by atoms with E-state index in [-0.39, 0.29) is 23.0 Å². The number of carbonyl (C=O) groups excluding carboxylic acids is 1. The third kappa shape index (κ3) is 8.08. The van der Waals surface area contributed by atoms with E-state index in [1.807, 2.05) is 0 Å². The maximum absolute atomic E-state index is 14.6. The molecule has 2 aromatic carbocycles. The van der Waals surface area contributed by atoms with Crippen LogP contribution in [0.3, 0.4) is 0 Å². The largest absolute Gasteiger partial charge is 0.496 e. The number of ether oxygens (including phenoxy) is 1. The quantitative estimate of drug-likeness (QED) is 0.248. The van der Waals surface area contributed by atoms with Crippen molar-refractivity contribution in [2.75, 3.05) is 18.6 Å². The molecule has 8 heteroatoms. The van der Waals surface area contributed by atoms with E-state index in [1.165, 1.54) is 11.1 Å². The van der Waals surface area contributed by atoms with Crippen molar-refractivity contribution in [1.82, 2.24) is 0 Å².